The van der Waals surface area contributed by atoms with Crippen molar-refractivity contribution in [2.24, 2.45) is 0 Å². The van der Waals surface area contributed by atoms with Gasteiger partial charge in [0, 0.05) is 30.4 Å². The van der Waals surface area contributed by atoms with Crippen LogP contribution in [0.4, 0.5) is 0 Å². The van der Waals surface area contributed by atoms with Crippen LogP contribution in [0.25, 0.3) is 34.3 Å². The number of fused-ring (bicyclic) bond motifs is 1. The molecule has 0 atom stereocenters. The summed E-state index contributed by atoms with van der Waals surface area (Å²) >= 11 is 6.52. The third-order valence-corrected chi connectivity index (χ3v) is 6.18. The molecule has 0 N–H and O–H groups in total. The van der Waals surface area contributed by atoms with E-state index in [2.05, 4.69) is 4.98 Å². The number of carbonyl (C=O) groups is 1. The Kier molecular flexibility index (Phi) is 4.34. The number of hydrogen-bond acceptors (Lipinski definition) is 5. The van der Waals surface area contributed by atoms with Gasteiger partial charge in [0.1, 0.15) is 21.4 Å². The van der Waals surface area contributed by atoms with Crippen LogP contribution in [-0.2, 0) is 4.79 Å². The highest BCUT2D eigenvalue weighted by atomic mass is 32.2. The van der Waals surface area contributed by atoms with Crippen molar-refractivity contribution in [3.05, 3.63) is 77.5 Å². The summed E-state index contributed by atoms with van der Waals surface area (Å²) in [7, 11) is 1.68. The maximum absolute atomic E-state index is 12.4. The molecule has 2 aromatic heterocycles. The SMILES string of the molecule is CN1C(=O)/C(=C\c2nc3oc(-c4ccccc4)cc3n2-c2ccccc2)SC1=S. The average molecular weight is 418 g/mol. The van der Waals surface area contributed by atoms with Crippen molar-refractivity contribution in [2.75, 3.05) is 7.05 Å². The Bertz CT molecular complexity index is 1270. The second-order valence-electron chi connectivity index (χ2n) is 6.55. The van der Waals surface area contributed by atoms with E-state index in [4.69, 9.17) is 16.6 Å². The van der Waals surface area contributed by atoms with Gasteiger partial charge < -0.3 is 4.42 Å². The highest BCUT2D eigenvalue weighted by Crippen LogP contribution is 2.34. The van der Waals surface area contributed by atoms with Gasteiger partial charge in [0.2, 0.25) is 5.71 Å². The summed E-state index contributed by atoms with van der Waals surface area (Å²) in [5.41, 5.74) is 3.28. The molecular weight excluding hydrogens is 402 g/mol. The predicted octanol–water partition coefficient (Wildman–Crippen LogP) is 5.12. The molecule has 0 bridgehead atoms. The van der Waals surface area contributed by atoms with Gasteiger partial charge in [0.15, 0.2) is 0 Å². The van der Waals surface area contributed by atoms with Crippen LogP contribution in [0.5, 0.6) is 0 Å². The number of nitrogens with zero attached hydrogens (tertiary/aromatic N) is 3. The molecule has 5 rings (SSSR count). The first kappa shape index (κ1) is 17.9. The molecule has 0 spiro atoms. The topological polar surface area (TPSA) is 51.3 Å². The summed E-state index contributed by atoms with van der Waals surface area (Å²) in [5.74, 6) is 1.25. The van der Waals surface area contributed by atoms with Crippen molar-refractivity contribution in [1.82, 2.24) is 14.5 Å². The predicted molar refractivity (Wildman–Crippen MR) is 120 cm³/mol. The zero-order valence-corrected chi connectivity index (χ0v) is 17.0. The lowest BCUT2D eigenvalue weighted by atomic mass is 10.2. The Labute approximate surface area is 176 Å². The second kappa shape index (κ2) is 7.02. The van der Waals surface area contributed by atoms with Gasteiger partial charge in [-0.2, -0.15) is 4.98 Å². The number of rotatable bonds is 3. The molecule has 0 aliphatic carbocycles. The van der Waals surface area contributed by atoms with Crippen LogP contribution in [0.1, 0.15) is 5.82 Å². The van der Waals surface area contributed by atoms with Crippen molar-refractivity contribution in [1.29, 1.82) is 0 Å². The van der Waals surface area contributed by atoms with Crippen LogP contribution in [-0.4, -0.2) is 31.7 Å². The number of amides is 1. The third-order valence-electron chi connectivity index (χ3n) is 4.70. The molecular formula is C22H15N3O2S2. The number of thioether (sulfide) groups is 1. The molecule has 1 amide bonds. The van der Waals surface area contributed by atoms with Gasteiger partial charge in [-0.1, -0.05) is 72.5 Å². The number of benzene rings is 2. The number of hydrogen-bond donors (Lipinski definition) is 0. The van der Waals surface area contributed by atoms with Crippen LogP contribution >= 0.6 is 24.0 Å². The van der Waals surface area contributed by atoms with E-state index < -0.39 is 0 Å². The minimum Gasteiger partial charge on any atom is -0.436 e. The molecule has 0 saturated carbocycles. The monoisotopic (exact) mass is 417 g/mol. The first-order chi connectivity index (χ1) is 14.1. The van der Waals surface area contributed by atoms with E-state index >= 15 is 0 Å². The van der Waals surface area contributed by atoms with E-state index in [0.29, 0.717) is 20.8 Å². The average Bonchev–Trinajstić information content (AvgIpc) is 3.37. The number of imidazole rings is 1. The van der Waals surface area contributed by atoms with Crippen LogP contribution in [0, 0.1) is 0 Å². The van der Waals surface area contributed by atoms with Crippen LogP contribution in [0.15, 0.2) is 76.1 Å². The van der Waals surface area contributed by atoms with Gasteiger partial charge in [0.25, 0.3) is 5.91 Å². The molecule has 3 heterocycles. The summed E-state index contributed by atoms with van der Waals surface area (Å²) in [5, 5.41) is 0. The fourth-order valence-electron chi connectivity index (χ4n) is 3.24. The van der Waals surface area contributed by atoms with Crippen LogP contribution < -0.4 is 0 Å². The summed E-state index contributed by atoms with van der Waals surface area (Å²) in [6.07, 6.45) is 1.77. The van der Waals surface area contributed by atoms with E-state index in [-0.39, 0.29) is 5.91 Å². The highest BCUT2D eigenvalue weighted by Gasteiger charge is 2.29. The van der Waals surface area contributed by atoms with E-state index in [1.807, 2.05) is 71.3 Å². The fourth-order valence-corrected chi connectivity index (χ4v) is 4.39. The maximum Gasteiger partial charge on any atom is 0.266 e. The van der Waals surface area contributed by atoms with Gasteiger partial charge in [0.05, 0.1) is 4.91 Å². The second-order valence-corrected chi connectivity index (χ2v) is 8.22. The van der Waals surface area contributed by atoms with E-state index in [1.165, 1.54) is 16.7 Å². The smallest absolute Gasteiger partial charge is 0.266 e. The number of para-hydroxylation sites is 1. The highest BCUT2D eigenvalue weighted by molar-refractivity contribution is 8.26. The number of carbonyl (C=O) groups excluding carboxylic acids is 1. The largest absolute Gasteiger partial charge is 0.436 e. The molecule has 1 fully saturated rings. The molecule has 2 aromatic carbocycles. The Hall–Kier alpha value is -3.16. The van der Waals surface area contributed by atoms with Crippen molar-refractivity contribution in [3.63, 3.8) is 0 Å². The summed E-state index contributed by atoms with van der Waals surface area (Å²) in [6.45, 7) is 0. The lowest BCUT2D eigenvalue weighted by molar-refractivity contribution is -0.121. The number of furan rings is 1. The molecule has 1 aliphatic rings. The van der Waals surface area contributed by atoms with Crippen molar-refractivity contribution >= 4 is 51.5 Å². The molecule has 5 nitrogen and oxygen atoms in total. The minimum absolute atomic E-state index is 0.121. The third kappa shape index (κ3) is 3.08. The lowest BCUT2D eigenvalue weighted by Crippen LogP contribution is -2.22. The lowest BCUT2D eigenvalue weighted by Gasteiger charge is -2.06. The molecule has 1 aliphatic heterocycles. The van der Waals surface area contributed by atoms with Crippen molar-refractivity contribution in [3.8, 4) is 17.0 Å². The Balaban J connectivity index is 1.69. The zero-order chi connectivity index (χ0) is 20.0. The number of thiocarbonyl (C=S) groups is 1. The molecule has 142 valence electrons. The number of aromatic nitrogens is 2. The van der Waals surface area contributed by atoms with E-state index in [0.717, 1.165) is 22.5 Å². The van der Waals surface area contributed by atoms with Crippen LogP contribution in [0.3, 0.4) is 0 Å². The first-order valence-corrected chi connectivity index (χ1v) is 10.2. The zero-order valence-electron chi connectivity index (χ0n) is 15.4. The summed E-state index contributed by atoms with van der Waals surface area (Å²) in [4.78, 5) is 19.1. The minimum atomic E-state index is -0.121. The van der Waals surface area contributed by atoms with E-state index in [1.54, 1.807) is 13.1 Å². The summed E-state index contributed by atoms with van der Waals surface area (Å²) < 4.78 is 8.57. The molecule has 4 aromatic rings. The molecule has 29 heavy (non-hydrogen) atoms. The first-order valence-electron chi connectivity index (χ1n) is 8.96. The molecule has 7 heteroatoms. The van der Waals surface area contributed by atoms with Gasteiger partial charge in [-0.25, -0.2) is 0 Å². The Morgan fingerprint density at radius 2 is 1.76 bits per heavy atom. The quantitative estimate of drug-likeness (QED) is 0.342. The fraction of sp³-hybridized carbons (Fsp3) is 0.0455. The normalized spacial score (nSPS) is 15.8. The standard InChI is InChI=1S/C22H15N3O2S2/c1-24-21(26)18(29-22(24)28)13-19-23-20-16(25(19)15-10-6-3-7-11-15)12-17(27-20)14-8-4-2-5-9-14/h2-13H,1H3/b18-13+. The Morgan fingerprint density at radius 1 is 1.07 bits per heavy atom. The number of likely N-dealkylation sites (N-methyl/N-ethyl adjacent to an activating group) is 1. The van der Waals surface area contributed by atoms with Gasteiger partial charge in [-0.15, -0.1) is 0 Å². The molecule has 1 saturated heterocycles. The van der Waals surface area contributed by atoms with Gasteiger partial charge >= 0.3 is 0 Å². The van der Waals surface area contributed by atoms with Crippen molar-refractivity contribution < 1.29 is 9.21 Å². The Morgan fingerprint density at radius 3 is 2.41 bits per heavy atom. The van der Waals surface area contributed by atoms with E-state index in [9.17, 15) is 4.79 Å². The molecule has 0 unspecified atom stereocenters. The maximum atomic E-state index is 12.4. The van der Waals surface area contributed by atoms with Crippen LogP contribution in [0.2, 0.25) is 0 Å². The van der Waals surface area contributed by atoms with Gasteiger partial charge in [-0.3, -0.25) is 14.3 Å². The van der Waals surface area contributed by atoms with Gasteiger partial charge in [-0.05, 0) is 12.1 Å². The molecule has 0 radical (unpaired) electrons. The summed E-state index contributed by atoms with van der Waals surface area (Å²) in [6, 6.07) is 21.8. The van der Waals surface area contributed by atoms with Crippen molar-refractivity contribution in [2.45, 2.75) is 0 Å².